The number of fused-ring (bicyclic) bond motifs is 3. The van der Waals surface area contributed by atoms with E-state index in [4.69, 9.17) is 4.98 Å². The number of aromatic nitrogens is 2. The van der Waals surface area contributed by atoms with E-state index in [1.54, 1.807) is 16.4 Å². The standard InChI is InChI=1S/C26H24N4O3S2/c1-16-8-6-7-11-20(16)30-25(33)23-19-12-13-29(17(2)31)14-21(19)35-24(23)28-26(30)34-15-22(32)27-18-9-4-3-5-10-18/h3-11H,12-15H2,1-2H3,(H,27,32). The maximum Gasteiger partial charge on any atom is 0.267 e. The predicted octanol–water partition coefficient (Wildman–Crippen LogP) is 4.39. The maximum absolute atomic E-state index is 13.9. The monoisotopic (exact) mass is 504 g/mol. The smallest absolute Gasteiger partial charge is 0.267 e. The van der Waals surface area contributed by atoms with E-state index in [-0.39, 0.29) is 23.1 Å². The van der Waals surface area contributed by atoms with Crippen LogP contribution in [0.5, 0.6) is 0 Å². The van der Waals surface area contributed by atoms with E-state index >= 15 is 0 Å². The van der Waals surface area contributed by atoms with Gasteiger partial charge in [-0.2, -0.15) is 0 Å². The molecule has 4 aromatic rings. The largest absolute Gasteiger partial charge is 0.337 e. The van der Waals surface area contributed by atoms with Crippen molar-refractivity contribution in [2.45, 2.75) is 32.0 Å². The highest BCUT2D eigenvalue weighted by Crippen LogP contribution is 2.34. The van der Waals surface area contributed by atoms with E-state index in [1.165, 1.54) is 23.1 Å². The molecule has 0 bridgehead atoms. The van der Waals surface area contributed by atoms with Gasteiger partial charge in [0.05, 0.1) is 23.4 Å². The fourth-order valence-corrected chi connectivity index (χ4v) is 6.35. The number of amides is 2. The number of aryl methyl sites for hydroxylation is 1. The first kappa shape index (κ1) is 23.3. The Morgan fingerprint density at radius 1 is 1.11 bits per heavy atom. The summed E-state index contributed by atoms with van der Waals surface area (Å²) >= 11 is 2.70. The number of carbonyl (C=O) groups excluding carboxylic acids is 2. The molecule has 1 N–H and O–H groups in total. The molecule has 0 saturated carbocycles. The first-order valence-electron chi connectivity index (χ1n) is 11.3. The average Bonchev–Trinajstić information content (AvgIpc) is 3.22. The van der Waals surface area contributed by atoms with Gasteiger partial charge in [-0.25, -0.2) is 4.98 Å². The molecule has 3 heterocycles. The number of hydrogen-bond acceptors (Lipinski definition) is 6. The summed E-state index contributed by atoms with van der Waals surface area (Å²) in [5.74, 6) is -0.0319. The zero-order chi connectivity index (χ0) is 24.5. The normalized spacial score (nSPS) is 13.0. The molecule has 0 aliphatic carbocycles. The molecule has 0 fully saturated rings. The molecule has 2 aromatic carbocycles. The van der Waals surface area contributed by atoms with Crippen molar-refractivity contribution in [1.29, 1.82) is 0 Å². The van der Waals surface area contributed by atoms with Gasteiger partial charge >= 0.3 is 0 Å². The van der Waals surface area contributed by atoms with Crippen LogP contribution < -0.4 is 10.9 Å². The first-order chi connectivity index (χ1) is 16.9. The van der Waals surface area contributed by atoms with Gasteiger partial charge in [0, 0.05) is 24.0 Å². The molecule has 0 radical (unpaired) electrons. The van der Waals surface area contributed by atoms with Crippen molar-refractivity contribution >= 4 is 50.8 Å². The Balaban J connectivity index is 1.56. The summed E-state index contributed by atoms with van der Waals surface area (Å²) in [6.45, 7) is 4.61. The van der Waals surface area contributed by atoms with Crippen LogP contribution in [0.1, 0.15) is 22.9 Å². The number of thioether (sulfide) groups is 1. The number of hydrogen-bond donors (Lipinski definition) is 1. The third-order valence-electron chi connectivity index (χ3n) is 6.04. The van der Waals surface area contributed by atoms with Gasteiger partial charge in [0.15, 0.2) is 5.16 Å². The molecule has 35 heavy (non-hydrogen) atoms. The minimum absolute atomic E-state index is 0.0269. The lowest BCUT2D eigenvalue weighted by Gasteiger charge is -2.25. The Bertz CT molecular complexity index is 1490. The molecule has 9 heteroatoms. The Morgan fingerprint density at radius 2 is 1.86 bits per heavy atom. The van der Waals surface area contributed by atoms with Crippen LogP contribution in [-0.2, 0) is 22.6 Å². The van der Waals surface area contributed by atoms with Gasteiger partial charge in [0.25, 0.3) is 5.56 Å². The second-order valence-electron chi connectivity index (χ2n) is 8.40. The van der Waals surface area contributed by atoms with Crippen LogP contribution in [0, 0.1) is 6.92 Å². The van der Waals surface area contributed by atoms with Crippen LogP contribution in [0.3, 0.4) is 0 Å². The summed E-state index contributed by atoms with van der Waals surface area (Å²) in [6.07, 6.45) is 0.631. The quantitative estimate of drug-likeness (QED) is 0.322. The Hall–Kier alpha value is -3.43. The number of benzene rings is 2. The lowest BCUT2D eigenvalue weighted by atomic mass is 10.1. The third-order valence-corrected chi connectivity index (χ3v) is 8.08. The van der Waals surface area contributed by atoms with Gasteiger partial charge in [-0.1, -0.05) is 48.2 Å². The molecule has 1 aliphatic heterocycles. The van der Waals surface area contributed by atoms with Crippen molar-refractivity contribution < 1.29 is 9.59 Å². The fourth-order valence-electron chi connectivity index (χ4n) is 4.26. The van der Waals surface area contributed by atoms with Gasteiger partial charge in [0.2, 0.25) is 11.8 Å². The number of carbonyl (C=O) groups is 2. The van der Waals surface area contributed by atoms with E-state index in [2.05, 4.69) is 5.32 Å². The number of para-hydroxylation sites is 2. The van der Waals surface area contributed by atoms with E-state index in [1.807, 2.05) is 61.5 Å². The summed E-state index contributed by atoms with van der Waals surface area (Å²) < 4.78 is 1.63. The number of anilines is 1. The van der Waals surface area contributed by atoms with Crippen LogP contribution in [-0.4, -0.2) is 38.6 Å². The molecule has 0 atom stereocenters. The minimum Gasteiger partial charge on any atom is -0.337 e. The van der Waals surface area contributed by atoms with Crippen LogP contribution in [0.4, 0.5) is 5.69 Å². The number of rotatable bonds is 5. The maximum atomic E-state index is 13.9. The second kappa shape index (κ2) is 9.67. The molecular weight excluding hydrogens is 480 g/mol. The van der Waals surface area contributed by atoms with Crippen LogP contribution in [0.2, 0.25) is 0 Å². The molecule has 178 valence electrons. The second-order valence-corrected chi connectivity index (χ2v) is 10.4. The molecule has 0 spiro atoms. The Labute approximate surface area is 210 Å². The molecule has 0 saturated heterocycles. The van der Waals surface area contributed by atoms with E-state index in [9.17, 15) is 14.4 Å². The molecule has 2 amide bonds. The van der Waals surface area contributed by atoms with Crippen molar-refractivity contribution in [3.8, 4) is 5.69 Å². The highest BCUT2D eigenvalue weighted by molar-refractivity contribution is 7.99. The Morgan fingerprint density at radius 3 is 2.60 bits per heavy atom. The molecular formula is C26H24N4O3S2. The average molecular weight is 505 g/mol. The van der Waals surface area contributed by atoms with Crippen molar-refractivity contribution in [1.82, 2.24) is 14.5 Å². The summed E-state index contributed by atoms with van der Waals surface area (Å²) in [7, 11) is 0. The van der Waals surface area contributed by atoms with Gasteiger partial charge < -0.3 is 10.2 Å². The van der Waals surface area contributed by atoms with Crippen molar-refractivity contribution in [3.05, 3.63) is 81.0 Å². The number of nitrogens with one attached hydrogen (secondary N) is 1. The molecule has 5 rings (SSSR count). The molecule has 1 aliphatic rings. The van der Waals surface area contributed by atoms with Crippen LogP contribution in [0.15, 0.2) is 64.5 Å². The Kier molecular flexibility index (Phi) is 6.44. The molecule has 0 unspecified atom stereocenters. The van der Waals surface area contributed by atoms with Crippen LogP contribution >= 0.6 is 23.1 Å². The van der Waals surface area contributed by atoms with E-state index in [0.717, 1.165) is 27.4 Å². The third kappa shape index (κ3) is 4.61. The van der Waals surface area contributed by atoms with Crippen molar-refractivity contribution in [2.75, 3.05) is 17.6 Å². The first-order valence-corrected chi connectivity index (χ1v) is 13.1. The van der Waals surface area contributed by atoms with E-state index < -0.39 is 0 Å². The number of thiophene rings is 1. The van der Waals surface area contributed by atoms with Gasteiger partial charge in [0.1, 0.15) is 4.83 Å². The summed E-state index contributed by atoms with van der Waals surface area (Å²) in [4.78, 5) is 46.8. The topological polar surface area (TPSA) is 84.3 Å². The zero-order valence-electron chi connectivity index (χ0n) is 19.4. The fraction of sp³-hybridized carbons (Fsp3) is 0.231. The SMILES string of the molecule is CC(=O)N1CCc2c(sc3nc(SCC(=O)Nc4ccccc4)n(-c4ccccc4C)c(=O)c23)C1. The lowest BCUT2D eigenvalue weighted by Crippen LogP contribution is -2.34. The van der Waals surface area contributed by atoms with Gasteiger partial charge in [-0.05, 0) is 42.7 Å². The van der Waals surface area contributed by atoms with Crippen LogP contribution in [0.25, 0.3) is 15.9 Å². The lowest BCUT2D eigenvalue weighted by molar-refractivity contribution is -0.129. The predicted molar refractivity (Wildman–Crippen MR) is 141 cm³/mol. The number of nitrogens with zero attached hydrogens (tertiary/aromatic N) is 3. The highest BCUT2D eigenvalue weighted by Gasteiger charge is 2.27. The molecule has 2 aromatic heterocycles. The minimum atomic E-state index is -0.172. The van der Waals surface area contributed by atoms with E-state index in [0.29, 0.717) is 34.9 Å². The summed E-state index contributed by atoms with van der Waals surface area (Å²) in [5, 5.41) is 3.97. The molecule has 7 nitrogen and oxygen atoms in total. The highest BCUT2D eigenvalue weighted by atomic mass is 32.2. The van der Waals surface area contributed by atoms with Gasteiger partial charge in [-0.15, -0.1) is 11.3 Å². The zero-order valence-corrected chi connectivity index (χ0v) is 21.0. The summed E-state index contributed by atoms with van der Waals surface area (Å²) in [5.41, 5.74) is 3.26. The summed E-state index contributed by atoms with van der Waals surface area (Å²) in [6, 6.07) is 16.9. The van der Waals surface area contributed by atoms with Gasteiger partial charge in [-0.3, -0.25) is 19.0 Å². The van der Waals surface area contributed by atoms with Crippen molar-refractivity contribution in [3.63, 3.8) is 0 Å². The van der Waals surface area contributed by atoms with Crippen molar-refractivity contribution in [2.24, 2.45) is 0 Å².